The molecular weight excluding hydrogens is 276 g/mol. The highest BCUT2D eigenvalue weighted by Gasteiger charge is 2.37. The first-order valence-electron chi connectivity index (χ1n) is 7.56. The average molecular weight is 292 g/mol. The first kappa shape index (κ1) is 13.1. The van der Waals surface area contributed by atoms with Crippen molar-refractivity contribution < 1.29 is 9.59 Å². The summed E-state index contributed by atoms with van der Waals surface area (Å²) in [6.45, 7) is 0.889. The van der Waals surface area contributed by atoms with Crippen LogP contribution in [0.3, 0.4) is 0 Å². The molecule has 0 saturated heterocycles. The Morgan fingerprint density at radius 3 is 2.14 bits per heavy atom. The van der Waals surface area contributed by atoms with Gasteiger partial charge in [0.25, 0.3) is 11.8 Å². The molecule has 2 aromatic rings. The van der Waals surface area contributed by atoms with Crippen molar-refractivity contribution in [3.05, 3.63) is 59.7 Å². The highest BCUT2D eigenvalue weighted by atomic mass is 16.2. The van der Waals surface area contributed by atoms with Gasteiger partial charge in [-0.05, 0) is 43.0 Å². The molecule has 1 fully saturated rings. The number of benzene rings is 2. The highest BCUT2D eigenvalue weighted by molar-refractivity contribution is 6.35. The standard InChI is InChI=1S/C18H16N2O2/c21-17-13-5-1-2-6-14(13)18(22)20(17)16-8-4-3-7-15(16)19-11-12-9-10-12/h1-8,12,19H,9-11H2. The lowest BCUT2D eigenvalue weighted by molar-refractivity contribution is 0.0926. The van der Waals surface area contributed by atoms with Crippen molar-refractivity contribution in [3.63, 3.8) is 0 Å². The van der Waals surface area contributed by atoms with Gasteiger partial charge in [-0.15, -0.1) is 0 Å². The number of rotatable bonds is 4. The minimum atomic E-state index is -0.249. The number of amides is 2. The van der Waals surface area contributed by atoms with Crippen LogP contribution in [0.1, 0.15) is 33.6 Å². The third-order valence-electron chi connectivity index (χ3n) is 4.22. The molecule has 1 heterocycles. The number of para-hydroxylation sites is 2. The number of carbonyl (C=O) groups excluding carboxylic acids is 2. The predicted octanol–water partition coefficient (Wildman–Crippen LogP) is 3.31. The number of carbonyl (C=O) groups is 2. The molecule has 110 valence electrons. The topological polar surface area (TPSA) is 49.4 Å². The van der Waals surface area contributed by atoms with Gasteiger partial charge < -0.3 is 5.32 Å². The summed E-state index contributed by atoms with van der Waals surface area (Å²) in [6, 6.07) is 14.5. The first-order valence-corrected chi connectivity index (χ1v) is 7.56. The van der Waals surface area contributed by atoms with E-state index in [1.807, 2.05) is 24.3 Å². The normalized spacial score (nSPS) is 16.8. The maximum absolute atomic E-state index is 12.6. The van der Waals surface area contributed by atoms with Gasteiger partial charge in [0.15, 0.2) is 0 Å². The number of fused-ring (bicyclic) bond motifs is 1. The number of nitrogens with zero attached hydrogens (tertiary/aromatic N) is 1. The Hall–Kier alpha value is -2.62. The number of hydrogen-bond acceptors (Lipinski definition) is 3. The second kappa shape index (κ2) is 4.98. The Labute approximate surface area is 128 Å². The van der Waals surface area contributed by atoms with E-state index in [1.54, 1.807) is 24.3 Å². The number of nitrogens with one attached hydrogen (secondary N) is 1. The third-order valence-corrected chi connectivity index (χ3v) is 4.22. The Kier molecular flexibility index (Phi) is 2.96. The quantitative estimate of drug-likeness (QED) is 0.880. The van der Waals surface area contributed by atoms with E-state index in [1.165, 1.54) is 17.7 Å². The maximum Gasteiger partial charge on any atom is 0.266 e. The molecule has 4 nitrogen and oxygen atoms in total. The molecule has 22 heavy (non-hydrogen) atoms. The largest absolute Gasteiger partial charge is 0.383 e. The lowest BCUT2D eigenvalue weighted by Crippen LogP contribution is -2.30. The summed E-state index contributed by atoms with van der Waals surface area (Å²) in [5, 5.41) is 3.37. The molecule has 4 heteroatoms. The molecule has 0 spiro atoms. The molecule has 4 rings (SSSR count). The molecule has 0 bridgehead atoms. The minimum Gasteiger partial charge on any atom is -0.383 e. The fourth-order valence-corrected chi connectivity index (χ4v) is 2.80. The van der Waals surface area contributed by atoms with Crippen LogP contribution in [0.5, 0.6) is 0 Å². The molecule has 1 aliphatic heterocycles. The smallest absolute Gasteiger partial charge is 0.266 e. The van der Waals surface area contributed by atoms with Gasteiger partial charge in [0.2, 0.25) is 0 Å². The molecule has 2 amide bonds. The number of hydrogen-bond donors (Lipinski definition) is 1. The second-order valence-electron chi connectivity index (χ2n) is 5.83. The van der Waals surface area contributed by atoms with Gasteiger partial charge in [0.05, 0.1) is 22.5 Å². The summed E-state index contributed by atoms with van der Waals surface area (Å²) in [7, 11) is 0. The van der Waals surface area contributed by atoms with E-state index >= 15 is 0 Å². The first-order chi connectivity index (χ1) is 10.8. The van der Waals surface area contributed by atoms with E-state index in [-0.39, 0.29) is 11.8 Å². The van der Waals surface area contributed by atoms with Crippen LogP contribution >= 0.6 is 0 Å². The summed E-state index contributed by atoms with van der Waals surface area (Å²) in [4.78, 5) is 26.5. The highest BCUT2D eigenvalue weighted by Crippen LogP contribution is 2.35. The predicted molar refractivity (Wildman–Crippen MR) is 85.2 cm³/mol. The van der Waals surface area contributed by atoms with Crippen molar-refractivity contribution in [3.8, 4) is 0 Å². The van der Waals surface area contributed by atoms with Crippen molar-refractivity contribution in [2.75, 3.05) is 16.8 Å². The molecule has 1 N–H and O–H groups in total. The van der Waals surface area contributed by atoms with Gasteiger partial charge in [-0.2, -0.15) is 0 Å². The van der Waals surface area contributed by atoms with Crippen LogP contribution in [-0.4, -0.2) is 18.4 Å². The SMILES string of the molecule is O=C1c2ccccc2C(=O)N1c1ccccc1NCC1CC1. The number of anilines is 2. The summed E-state index contributed by atoms with van der Waals surface area (Å²) >= 11 is 0. The van der Waals surface area contributed by atoms with Crippen LogP contribution < -0.4 is 10.2 Å². The zero-order valence-corrected chi connectivity index (χ0v) is 12.1. The molecule has 0 radical (unpaired) electrons. The van der Waals surface area contributed by atoms with Crippen LogP contribution in [0.25, 0.3) is 0 Å². The Morgan fingerprint density at radius 2 is 1.50 bits per heavy atom. The van der Waals surface area contributed by atoms with Crippen LogP contribution in [0.4, 0.5) is 11.4 Å². The minimum absolute atomic E-state index is 0.249. The van der Waals surface area contributed by atoms with Crippen molar-refractivity contribution in [2.45, 2.75) is 12.8 Å². The fraction of sp³-hybridized carbons (Fsp3) is 0.222. The summed E-state index contributed by atoms with van der Waals surface area (Å²) < 4.78 is 0. The number of imide groups is 1. The van der Waals surface area contributed by atoms with E-state index in [2.05, 4.69) is 5.32 Å². The zero-order chi connectivity index (χ0) is 15.1. The van der Waals surface area contributed by atoms with E-state index in [9.17, 15) is 9.59 Å². The fourth-order valence-electron chi connectivity index (χ4n) is 2.80. The Bertz CT molecular complexity index is 730. The molecule has 2 aromatic carbocycles. The van der Waals surface area contributed by atoms with Gasteiger partial charge in [0.1, 0.15) is 0 Å². The summed E-state index contributed by atoms with van der Waals surface area (Å²) in [5.74, 6) is 0.220. The van der Waals surface area contributed by atoms with E-state index in [0.717, 1.165) is 18.2 Å². The van der Waals surface area contributed by atoms with Gasteiger partial charge in [-0.1, -0.05) is 24.3 Å². The van der Waals surface area contributed by atoms with Crippen molar-refractivity contribution in [1.29, 1.82) is 0 Å². The Morgan fingerprint density at radius 1 is 0.909 bits per heavy atom. The van der Waals surface area contributed by atoms with Crippen LogP contribution in [-0.2, 0) is 0 Å². The monoisotopic (exact) mass is 292 g/mol. The van der Waals surface area contributed by atoms with Gasteiger partial charge >= 0.3 is 0 Å². The summed E-state index contributed by atoms with van der Waals surface area (Å²) in [6.07, 6.45) is 2.50. The van der Waals surface area contributed by atoms with Crippen molar-refractivity contribution in [2.24, 2.45) is 5.92 Å². The third kappa shape index (κ3) is 2.08. The zero-order valence-electron chi connectivity index (χ0n) is 12.1. The van der Waals surface area contributed by atoms with E-state index < -0.39 is 0 Å². The van der Waals surface area contributed by atoms with E-state index in [0.29, 0.717) is 16.8 Å². The molecular formula is C18H16N2O2. The average Bonchev–Trinajstić information content (AvgIpc) is 3.34. The molecule has 1 saturated carbocycles. The van der Waals surface area contributed by atoms with Gasteiger partial charge in [0, 0.05) is 6.54 Å². The second-order valence-corrected chi connectivity index (χ2v) is 5.83. The van der Waals surface area contributed by atoms with E-state index in [4.69, 9.17) is 0 Å². The van der Waals surface area contributed by atoms with Crippen molar-refractivity contribution >= 4 is 23.2 Å². The Balaban J connectivity index is 1.70. The molecule has 0 atom stereocenters. The summed E-state index contributed by atoms with van der Waals surface area (Å²) in [5.41, 5.74) is 2.42. The van der Waals surface area contributed by atoms with Gasteiger partial charge in [-0.3, -0.25) is 9.59 Å². The lowest BCUT2D eigenvalue weighted by atomic mass is 10.1. The maximum atomic E-state index is 12.6. The van der Waals surface area contributed by atoms with Crippen LogP contribution in [0.2, 0.25) is 0 Å². The lowest BCUT2D eigenvalue weighted by Gasteiger charge is -2.19. The van der Waals surface area contributed by atoms with Crippen molar-refractivity contribution in [1.82, 2.24) is 0 Å². The van der Waals surface area contributed by atoms with Crippen LogP contribution in [0, 0.1) is 5.92 Å². The van der Waals surface area contributed by atoms with Gasteiger partial charge in [-0.25, -0.2) is 4.90 Å². The molecule has 0 unspecified atom stereocenters. The molecule has 0 aromatic heterocycles. The van der Waals surface area contributed by atoms with Crippen LogP contribution in [0.15, 0.2) is 48.5 Å². The molecule has 1 aliphatic carbocycles. The molecule has 2 aliphatic rings.